The van der Waals surface area contributed by atoms with Gasteiger partial charge in [0.15, 0.2) is 0 Å². The van der Waals surface area contributed by atoms with Gasteiger partial charge in [-0.3, -0.25) is 4.79 Å². The Morgan fingerprint density at radius 1 is 0.786 bits per heavy atom. The third-order valence-corrected chi connectivity index (χ3v) is 3.96. The van der Waals surface area contributed by atoms with Gasteiger partial charge < -0.3 is 30.6 Å². The molecule has 0 aromatic heterocycles. The molecular weight excluding hydrogens is 384 g/mol. The van der Waals surface area contributed by atoms with Gasteiger partial charge in [0.1, 0.15) is 0 Å². The molecule has 0 rings (SSSR count). The Labute approximate surface area is 213 Å². The van der Waals surface area contributed by atoms with Gasteiger partial charge in [-0.15, -0.1) is 0 Å². The zero-order chi connectivity index (χ0) is 20.2. The molecule has 1 atom stereocenters. The van der Waals surface area contributed by atoms with Crippen LogP contribution in [0.4, 0.5) is 0 Å². The van der Waals surface area contributed by atoms with Crippen molar-refractivity contribution in [2.75, 3.05) is 0 Å². The van der Waals surface area contributed by atoms with Crippen molar-refractivity contribution in [2.45, 2.75) is 103 Å². The van der Waals surface area contributed by atoms with Crippen molar-refractivity contribution >= 4 is 17.9 Å². The maximum atomic E-state index is 10.3. The van der Waals surface area contributed by atoms with Crippen molar-refractivity contribution in [1.82, 2.24) is 0 Å². The van der Waals surface area contributed by atoms with E-state index in [1.807, 2.05) is 0 Å². The summed E-state index contributed by atoms with van der Waals surface area (Å²) in [6.45, 7) is 2.25. The maximum Gasteiger partial charge on any atom is 1.00 e. The first kappa shape index (κ1) is 35.8. The van der Waals surface area contributed by atoms with Crippen molar-refractivity contribution in [3.8, 4) is 0 Å². The SMILES string of the molecule is CCCCCCCCCCCCCC(=O)O.NC(CCC(=O)[O-])C(=O)[O-].[Na+].[Na+]. The van der Waals surface area contributed by atoms with E-state index in [0.717, 1.165) is 12.8 Å². The summed E-state index contributed by atoms with van der Waals surface area (Å²) in [4.78, 5) is 29.9. The van der Waals surface area contributed by atoms with Crippen LogP contribution in [0.15, 0.2) is 0 Å². The second-order valence-corrected chi connectivity index (χ2v) is 6.52. The summed E-state index contributed by atoms with van der Waals surface area (Å²) >= 11 is 0. The number of carboxylic acid groups (broad SMARTS) is 3. The number of hydrogen-bond acceptors (Lipinski definition) is 6. The summed E-state index contributed by atoms with van der Waals surface area (Å²) in [6, 6.07) is -1.21. The number of carbonyl (C=O) groups is 3. The second-order valence-electron chi connectivity index (χ2n) is 6.52. The first-order chi connectivity index (χ1) is 12.3. The number of carboxylic acids is 3. The zero-order valence-electron chi connectivity index (χ0n) is 18.0. The van der Waals surface area contributed by atoms with Crippen molar-refractivity contribution in [3.05, 3.63) is 0 Å². The van der Waals surface area contributed by atoms with Crippen molar-refractivity contribution in [3.63, 3.8) is 0 Å². The molecule has 28 heavy (non-hydrogen) atoms. The van der Waals surface area contributed by atoms with Gasteiger partial charge in [0, 0.05) is 18.4 Å². The summed E-state index contributed by atoms with van der Waals surface area (Å²) < 4.78 is 0. The molecule has 0 aliphatic carbocycles. The fraction of sp³-hybridized carbons (Fsp3) is 0.842. The first-order valence-electron chi connectivity index (χ1n) is 9.69. The first-order valence-corrected chi connectivity index (χ1v) is 9.69. The van der Waals surface area contributed by atoms with Crippen LogP contribution in [0.3, 0.4) is 0 Å². The van der Waals surface area contributed by atoms with Crippen LogP contribution in [0, 0.1) is 0 Å². The van der Waals surface area contributed by atoms with Crippen LogP contribution in [0.5, 0.6) is 0 Å². The Morgan fingerprint density at radius 2 is 1.18 bits per heavy atom. The molecule has 0 bridgehead atoms. The third-order valence-electron chi connectivity index (χ3n) is 3.96. The van der Waals surface area contributed by atoms with Gasteiger partial charge in [0.25, 0.3) is 0 Å². The van der Waals surface area contributed by atoms with E-state index in [9.17, 15) is 24.6 Å². The smallest absolute Gasteiger partial charge is 0.550 e. The van der Waals surface area contributed by atoms with Gasteiger partial charge in [-0.05, 0) is 19.3 Å². The summed E-state index contributed by atoms with van der Waals surface area (Å²) in [5.41, 5.74) is 4.91. The molecule has 0 heterocycles. The van der Waals surface area contributed by atoms with Crippen LogP contribution in [0.2, 0.25) is 0 Å². The predicted octanol–water partition coefficient (Wildman–Crippen LogP) is -4.63. The van der Waals surface area contributed by atoms with E-state index in [2.05, 4.69) is 6.92 Å². The van der Waals surface area contributed by atoms with Gasteiger partial charge in [0.2, 0.25) is 0 Å². The molecular formula is C19H35NNa2O6. The Balaban J connectivity index is -0.000000210. The fourth-order valence-electron chi connectivity index (χ4n) is 2.33. The second kappa shape index (κ2) is 27.4. The molecule has 0 aromatic rings. The summed E-state index contributed by atoms with van der Waals surface area (Å²) in [5.74, 6) is -3.41. The zero-order valence-corrected chi connectivity index (χ0v) is 22.0. The standard InChI is InChI=1S/C14H28O2.C5H9NO4.2Na/c1-2-3-4-5-6-7-8-9-10-11-12-13-14(15)16;6-3(5(9)10)1-2-4(7)8;;/h2-13H2,1H3,(H,15,16);3H,1-2,6H2,(H,7,8)(H,9,10);;/q;;2*+1/p-2. The number of hydrogen-bond donors (Lipinski definition) is 2. The minimum Gasteiger partial charge on any atom is -0.550 e. The van der Waals surface area contributed by atoms with Crippen LogP contribution < -0.4 is 75.1 Å². The van der Waals surface area contributed by atoms with Gasteiger partial charge in [-0.25, -0.2) is 0 Å². The van der Waals surface area contributed by atoms with E-state index in [0.29, 0.717) is 6.42 Å². The normalized spacial score (nSPS) is 10.5. The topological polar surface area (TPSA) is 144 Å². The molecule has 154 valence electrons. The van der Waals surface area contributed by atoms with Crippen LogP contribution in [-0.4, -0.2) is 29.1 Å². The number of unbranched alkanes of at least 4 members (excludes halogenated alkanes) is 10. The molecule has 0 aliphatic heterocycles. The van der Waals surface area contributed by atoms with Gasteiger partial charge in [-0.2, -0.15) is 0 Å². The molecule has 0 aromatic carbocycles. The van der Waals surface area contributed by atoms with E-state index < -0.39 is 23.9 Å². The van der Waals surface area contributed by atoms with E-state index in [4.69, 9.17) is 10.8 Å². The fourth-order valence-corrected chi connectivity index (χ4v) is 2.33. The summed E-state index contributed by atoms with van der Waals surface area (Å²) in [7, 11) is 0. The quantitative estimate of drug-likeness (QED) is 0.189. The molecule has 1 unspecified atom stereocenters. The Morgan fingerprint density at radius 3 is 1.50 bits per heavy atom. The minimum atomic E-state index is -1.44. The average molecular weight is 419 g/mol. The number of carbonyl (C=O) groups excluding carboxylic acids is 2. The monoisotopic (exact) mass is 419 g/mol. The largest absolute Gasteiger partial charge is 1.00 e. The van der Waals surface area contributed by atoms with Crippen LogP contribution >= 0.6 is 0 Å². The van der Waals surface area contributed by atoms with Gasteiger partial charge >= 0.3 is 65.1 Å². The molecule has 3 N–H and O–H groups in total. The molecule has 9 heteroatoms. The van der Waals surface area contributed by atoms with Crippen LogP contribution in [0.25, 0.3) is 0 Å². The Hall–Kier alpha value is 0.370. The van der Waals surface area contributed by atoms with E-state index in [-0.39, 0.29) is 72.0 Å². The molecule has 0 radical (unpaired) electrons. The van der Waals surface area contributed by atoms with Crippen LogP contribution in [-0.2, 0) is 14.4 Å². The maximum absolute atomic E-state index is 10.3. The van der Waals surface area contributed by atoms with E-state index in [1.54, 1.807) is 0 Å². The van der Waals surface area contributed by atoms with E-state index in [1.165, 1.54) is 57.8 Å². The molecule has 0 spiro atoms. The third kappa shape index (κ3) is 33.9. The Kier molecular flexibility index (Phi) is 35.0. The Bertz CT molecular complexity index is 383. The van der Waals surface area contributed by atoms with Gasteiger partial charge in [-0.1, -0.05) is 71.1 Å². The predicted molar refractivity (Wildman–Crippen MR) is 95.9 cm³/mol. The van der Waals surface area contributed by atoms with Gasteiger partial charge in [0.05, 0.1) is 5.97 Å². The molecule has 7 nitrogen and oxygen atoms in total. The average Bonchev–Trinajstić information content (AvgIpc) is 2.57. The van der Waals surface area contributed by atoms with Crippen LogP contribution in [0.1, 0.15) is 96.8 Å². The number of rotatable bonds is 16. The number of aliphatic carboxylic acids is 3. The molecule has 0 fully saturated rings. The van der Waals surface area contributed by atoms with Crippen molar-refractivity contribution < 1.29 is 88.8 Å². The molecule has 0 aliphatic rings. The van der Waals surface area contributed by atoms with Crippen molar-refractivity contribution in [2.24, 2.45) is 5.73 Å². The van der Waals surface area contributed by atoms with E-state index >= 15 is 0 Å². The summed E-state index contributed by atoms with van der Waals surface area (Å²) in [5, 5.41) is 28.1. The molecule has 0 saturated heterocycles. The minimum absolute atomic E-state index is 0. The summed E-state index contributed by atoms with van der Waals surface area (Å²) in [6.07, 6.45) is 13.9. The molecule has 0 saturated carbocycles. The van der Waals surface area contributed by atoms with Crippen molar-refractivity contribution in [1.29, 1.82) is 0 Å². The molecule has 0 amide bonds. The number of nitrogens with two attached hydrogens (primary N) is 1.